The molecule has 3 heteroatoms. The minimum Gasteiger partial charge on any atom is -0.375 e. The first-order chi connectivity index (χ1) is 6.55. The van der Waals surface area contributed by atoms with E-state index >= 15 is 0 Å². The topological polar surface area (TPSA) is 23.5 Å². The van der Waals surface area contributed by atoms with Crippen LogP contribution in [0.15, 0.2) is 0 Å². The second-order valence-electron chi connectivity index (χ2n) is 6.63. The lowest BCUT2D eigenvalue weighted by Gasteiger charge is -2.44. The van der Waals surface area contributed by atoms with Crippen LogP contribution in [-0.4, -0.2) is 34.0 Å². The molecule has 1 rings (SSSR count). The molecule has 0 aliphatic carbocycles. The lowest BCUT2D eigenvalue weighted by Crippen LogP contribution is -2.53. The van der Waals surface area contributed by atoms with Crippen LogP contribution < -0.4 is 0 Å². The molecule has 0 aromatic heterocycles. The normalized spacial score (nSPS) is 34.8. The van der Waals surface area contributed by atoms with Crippen molar-refractivity contribution in [2.75, 3.05) is 0 Å². The van der Waals surface area contributed by atoms with Crippen molar-refractivity contribution in [3.05, 3.63) is 0 Å². The molecule has 1 aliphatic rings. The third kappa shape index (κ3) is 2.51. The van der Waals surface area contributed by atoms with E-state index in [1.54, 1.807) is 0 Å². The van der Waals surface area contributed by atoms with Crippen molar-refractivity contribution in [2.24, 2.45) is 5.41 Å². The molecule has 0 bridgehead atoms. The average Bonchev–Trinajstić information content (AvgIpc) is 2.25. The van der Waals surface area contributed by atoms with Crippen molar-refractivity contribution >= 4 is 0 Å². The number of hydrogen-bond donors (Lipinski definition) is 1. The summed E-state index contributed by atoms with van der Waals surface area (Å²) in [6, 6.07) is 0.0995. The van der Waals surface area contributed by atoms with Crippen LogP contribution in [0.1, 0.15) is 48.0 Å². The zero-order chi connectivity index (χ0) is 12.0. The fourth-order valence-corrected chi connectivity index (χ4v) is 2.44. The van der Waals surface area contributed by atoms with Crippen LogP contribution in [0.25, 0.3) is 0 Å². The van der Waals surface area contributed by atoms with Gasteiger partial charge in [0, 0.05) is 11.6 Å². The van der Waals surface area contributed by atoms with Crippen LogP contribution in [0.5, 0.6) is 0 Å². The molecule has 3 atom stereocenters. The van der Waals surface area contributed by atoms with Crippen LogP contribution in [0.4, 0.5) is 4.39 Å². The molecule has 1 aliphatic heterocycles. The largest absolute Gasteiger partial charge is 0.375 e. The summed E-state index contributed by atoms with van der Waals surface area (Å²) in [6.07, 6.45) is -1.63. The third-order valence-electron chi connectivity index (χ3n) is 3.17. The van der Waals surface area contributed by atoms with E-state index < -0.39 is 12.4 Å². The van der Waals surface area contributed by atoms with Gasteiger partial charge in [-0.05, 0) is 32.6 Å². The lowest BCUT2D eigenvalue weighted by molar-refractivity contribution is -0.0810. The minimum atomic E-state index is -1.12. The van der Waals surface area contributed by atoms with Crippen LogP contribution in [0.2, 0.25) is 0 Å². The highest BCUT2D eigenvalue weighted by Gasteiger charge is 2.49. The molecule has 3 unspecified atom stereocenters. The predicted octanol–water partition coefficient (Wildman–Crippen LogP) is 2.56. The molecule has 90 valence electrons. The van der Waals surface area contributed by atoms with Crippen molar-refractivity contribution in [3.63, 3.8) is 0 Å². The van der Waals surface area contributed by atoms with E-state index in [1.807, 2.05) is 25.7 Å². The van der Waals surface area contributed by atoms with Gasteiger partial charge in [-0.1, -0.05) is 20.8 Å². The number of halogens is 1. The van der Waals surface area contributed by atoms with Gasteiger partial charge in [0.25, 0.3) is 0 Å². The van der Waals surface area contributed by atoms with E-state index in [2.05, 4.69) is 20.8 Å². The number of alkyl halides is 1. The Labute approximate surface area is 92.5 Å². The smallest absolute Gasteiger partial charge is 0.141 e. The standard InChI is InChI=1S/C12H24FNO/c1-11(2,3)9-7-8(13)10(15)14(9)12(4,5)6/h8-10,15H,7H2,1-6H3. The zero-order valence-corrected chi connectivity index (χ0v) is 10.7. The molecule has 0 radical (unpaired) electrons. The molecule has 0 saturated carbocycles. The Bertz CT molecular complexity index is 229. The summed E-state index contributed by atoms with van der Waals surface area (Å²) in [6.45, 7) is 12.4. The fraction of sp³-hybridized carbons (Fsp3) is 1.00. The maximum atomic E-state index is 13.6. The highest BCUT2D eigenvalue weighted by Crippen LogP contribution is 2.40. The fourth-order valence-electron chi connectivity index (χ4n) is 2.44. The van der Waals surface area contributed by atoms with Crippen LogP contribution in [0.3, 0.4) is 0 Å². The number of aliphatic hydroxyl groups is 1. The van der Waals surface area contributed by atoms with Gasteiger partial charge in [0.15, 0.2) is 0 Å². The van der Waals surface area contributed by atoms with Gasteiger partial charge in [0.05, 0.1) is 0 Å². The predicted molar refractivity (Wildman–Crippen MR) is 60.4 cm³/mol. The maximum absolute atomic E-state index is 13.6. The summed E-state index contributed by atoms with van der Waals surface area (Å²) < 4.78 is 13.6. The Morgan fingerprint density at radius 1 is 1.13 bits per heavy atom. The first-order valence-electron chi connectivity index (χ1n) is 5.65. The lowest BCUT2D eigenvalue weighted by atomic mass is 9.83. The summed E-state index contributed by atoms with van der Waals surface area (Å²) in [5.41, 5.74) is -0.201. The first kappa shape index (κ1) is 12.9. The molecule has 0 amide bonds. The number of likely N-dealkylation sites (tertiary alicyclic amines) is 1. The molecule has 1 N–H and O–H groups in total. The summed E-state index contributed by atoms with van der Waals surface area (Å²) >= 11 is 0. The minimum absolute atomic E-state index is 0.00486. The third-order valence-corrected chi connectivity index (χ3v) is 3.17. The van der Waals surface area contributed by atoms with Gasteiger partial charge in [0.2, 0.25) is 0 Å². The molecule has 15 heavy (non-hydrogen) atoms. The molecular formula is C12H24FNO. The van der Waals surface area contributed by atoms with E-state index in [4.69, 9.17) is 0 Å². The second kappa shape index (κ2) is 3.70. The maximum Gasteiger partial charge on any atom is 0.141 e. The van der Waals surface area contributed by atoms with Gasteiger partial charge in [-0.25, -0.2) is 4.39 Å². The van der Waals surface area contributed by atoms with Gasteiger partial charge < -0.3 is 5.11 Å². The molecule has 1 saturated heterocycles. The van der Waals surface area contributed by atoms with Gasteiger partial charge >= 0.3 is 0 Å². The first-order valence-corrected chi connectivity index (χ1v) is 5.65. The highest BCUT2D eigenvalue weighted by atomic mass is 19.1. The quantitative estimate of drug-likeness (QED) is 0.674. The van der Waals surface area contributed by atoms with Crippen molar-refractivity contribution in [2.45, 2.75) is 71.9 Å². The molecule has 1 fully saturated rings. The Morgan fingerprint density at radius 2 is 1.60 bits per heavy atom. The van der Waals surface area contributed by atoms with Crippen molar-refractivity contribution in [1.29, 1.82) is 0 Å². The molecule has 1 heterocycles. The van der Waals surface area contributed by atoms with Crippen LogP contribution in [-0.2, 0) is 0 Å². The Morgan fingerprint density at radius 3 is 1.87 bits per heavy atom. The average molecular weight is 217 g/mol. The Balaban J connectivity index is 2.98. The molecule has 2 nitrogen and oxygen atoms in total. The number of nitrogens with zero attached hydrogens (tertiary/aromatic N) is 1. The molecule has 0 spiro atoms. The van der Waals surface area contributed by atoms with Gasteiger partial charge in [-0.15, -0.1) is 0 Å². The Hall–Kier alpha value is -0.150. The van der Waals surface area contributed by atoms with E-state index in [9.17, 15) is 9.50 Å². The number of aliphatic hydroxyl groups excluding tert-OH is 1. The van der Waals surface area contributed by atoms with Gasteiger partial charge in [-0.2, -0.15) is 0 Å². The summed E-state index contributed by atoms with van der Waals surface area (Å²) in [5.74, 6) is 0. The van der Waals surface area contributed by atoms with Gasteiger partial charge in [-0.3, -0.25) is 4.90 Å². The number of hydrogen-bond acceptors (Lipinski definition) is 2. The zero-order valence-electron chi connectivity index (χ0n) is 10.7. The SMILES string of the molecule is CC(C)(C)C1CC(F)C(O)N1C(C)(C)C. The van der Waals surface area contributed by atoms with Crippen molar-refractivity contribution in [3.8, 4) is 0 Å². The van der Waals surface area contributed by atoms with Crippen molar-refractivity contribution < 1.29 is 9.50 Å². The molecule has 0 aromatic rings. The summed E-state index contributed by atoms with van der Waals surface area (Å²) in [7, 11) is 0. The van der Waals surface area contributed by atoms with E-state index in [1.165, 1.54) is 0 Å². The molecular weight excluding hydrogens is 193 g/mol. The molecule has 0 aromatic carbocycles. The highest BCUT2D eigenvalue weighted by molar-refractivity contribution is 4.99. The van der Waals surface area contributed by atoms with E-state index in [0.29, 0.717) is 6.42 Å². The summed E-state index contributed by atoms with van der Waals surface area (Å²) in [4.78, 5) is 1.91. The number of rotatable bonds is 0. The van der Waals surface area contributed by atoms with Crippen molar-refractivity contribution in [1.82, 2.24) is 4.90 Å². The second-order valence-corrected chi connectivity index (χ2v) is 6.63. The monoisotopic (exact) mass is 217 g/mol. The van der Waals surface area contributed by atoms with E-state index in [0.717, 1.165) is 0 Å². The summed E-state index contributed by atoms with van der Waals surface area (Å²) in [5, 5.41) is 9.88. The van der Waals surface area contributed by atoms with Crippen LogP contribution in [0, 0.1) is 5.41 Å². The van der Waals surface area contributed by atoms with Crippen LogP contribution >= 0.6 is 0 Å². The Kier molecular flexibility index (Phi) is 3.19. The van der Waals surface area contributed by atoms with Gasteiger partial charge in [0.1, 0.15) is 12.4 Å². The van der Waals surface area contributed by atoms with E-state index in [-0.39, 0.29) is 17.0 Å².